The largest absolute Gasteiger partial charge is 0.383 e. The van der Waals surface area contributed by atoms with E-state index in [0.29, 0.717) is 13.2 Å². The maximum Gasteiger partial charge on any atom is 0.143 e. The highest BCUT2D eigenvalue weighted by Crippen LogP contribution is 2.16. The van der Waals surface area contributed by atoms with Crippen LogP contribution in [0.15, 0.2) is 17.1 Å². The highest BCUT2D eigenvalue weighted by molar-refractivity contribution is 6.01. The fourth-order valence-electron chi connectivity index (χ4n) is 2.00. The van der Waals surface area contributed by atoms with E-state index >= 15 is 0 Å². The molecular formula is C13H21N3O. The lowest BCUT2D eigenvalue weighted by Crippen LogP contribution is -2.32. The lowest BCUT2D eigenvalue weighted by Gasteiger charge is -2.13. The topological polar surface area (TPSA) is 59.6 Å². The molecule has 1 aromatic rings. The van der Waals surface area contributed by atoms with Crippen molar-refractivity contribution in [3.05, 3.63) is 34.4 Å². The number of methoxy groups -OCH3 is 1. The van der Waals surface area contributed by atoms with Crippen LogP contribution in [0.5, 0.6) is 0 Å². The molecule has 0 aliphatic carbocycles. The SMILES string of the molecule is COCCN=C(NN)c1c(C)cc(C)cc1C. The summed E-state index contributed by atoms with van der Waals surface area (Å²) in [7, 11) is 1.66. The number of nitrogens with zero attached hydrogens (tertiary/aromatic N) is 1. The third-order valence-electron chi connectivity index (χ3n) is 2.62. The minimum absolute atomic E-state index is 0.592. The fourth-order valence-corrected chi connectivity index (χ4v) is 2.00. The molecule has 0 aliphatic rings. The molecule has 0 aromatic heterocycles. The van der Waals surface area contributed by atoms with Crippen molar-refractivity contribution in [1.82, 2.24) is 5.43 Å². The van der Waals surface area contributed by atoms with Crippen molar-refractivity contribution in [2.45, 2.75) is 20.8 Å². The van der Waals surface area contributed by atoms with Crippen LogP contribution in [0.4, 0.5) is 0 Å². The molecule has 0 aliphatic heterocycles. The van der Waals surface area contributed by atoms with Gasteiger partial charge in [-0.05, 0) is 31.9 Å². The van der Waals surface area contributed by atoms with Crippen LogP contribution in [0.3, 0.4) is 0 Å². The van der Waals surface area contributed by atoms with Gasteiger partial charge in [0, 0.05) is 12.7 Å². The minimum atomic E-state index is 0.592. The maximum atomic E-state index is 5.54. The molecule has 0 amide bonds. The minimum Gasteiger partial charge on any atom is -0.383 e. The highest BCUT2D eigenvalue weighted by Gasteiger charge is 2.09. The third kappa shape index (κ3) is 3.54. The van der Waals surface area contributed by atoms with Gasteiger partial charge in [0.1, 0.15) is 5.84 Å². The molecule has 1 aromatic carbocycles. The first-order chi connectivity index (χ1) is 8.10. The van der Waals surface area contributed by atoms with E-state index in [2.05, 4.69) is 43.3 Å². The van der Waals surface area contributed by atoms with Crippen molar-refractivity contribution >= 4 is 5.84 Å². The summed E-state index contributed by atoms with van der Waals surface area (Å²) in [6.45, 7) is 7.41. The van der Waals surface area contributed by atoms with Gasteiger partial charge in [-0.15, -0.1) is 0 Å². The summed E-state index contributed by atoms with van der Waals surface area (Å²) in [4.78, 5) is 4.41. The molecule has 4 heteroatoms. The first-order valence-corrected chi connectivity index (χ1v) is 5.68. The zero-order valence-electron chi connectivity index (χ0n) is 11.0. The molecular weight excluding hydrogens is 214 g/mol. The number of aryl methyl sites for hydroxylation is 3. The molecule has 0 saturated heterocycles. The second-order valence-electron chi connectivity index (χ2n) is 4.14. The third-order valence-corrected chi connectivity index (χ3v) is 2.62. The zero-order chi connectivity index (χ0) is 12.8. The van der Waals surface area contributed by atoms with Crippen LogP contribution >= 0.6 is 0 Å². The monoisotopic (exact) mass is 235 g/mol. The number of benzene rings is 1. The van der Waals surface area contributed by atoms with Crippen LogP contribution in [0.1, 0.15) is 22.3 Å². The Morgan fingerprint density at radius 1 is 1.29 bits per heavy atom. The quantitative estimate of drug-likeness (QED) is 0.273. The van der Waals surface area contributed by atoms with Gasteiger partial charge in [-0.3, -0.25) is 4.99 Å². The first-order valence-electron chi connectivity index (χ1n) is 5.68. The molecule has 1 rings (SSSR count). The molecule has 0 radical (unpaired) electrons. The van der Waals surface area contributed by atoms with E-state index in [1.54, 1.807) is 7.11 Å². The van der Waals surface area contributed by atoms with Gasteiger partial charge in [-0.25, -0.2) is 5.84 Å². The van der Waals surface area contributed by atoms with E-state index in [1.807, 2.05) is 0 Å². The molecule has 0 heterocycles. The molecule has 0 saturated carbocycles. The van der Waals surface area contributed by atoms with E-state index in [-0.39, 0.29) is 0 Å². The van der Waals surface area contributed by atoms with E-state index in [1.165, 1.54) is 16.7 Å². The Kier molecular flexibility index (Phi) is 5.12. The van der Waals surface area contributed by atoms with Gasteiger partial charge in [-0.2, -0.15) is 0 Å². The van der Waals surface area contributed by atoms with Gasteiger partial charge >= 0.3 is 0 Å². The van der Waals surface area contributed by atoms with Crippen molar-refractivity contribution in [3.8, 4) is 0 Å². The Bertz CT molecular complexity index is 390. The number of nitrogens with two attached hydrogens (primary N) is 1. The molecule has 0 spiro atoms. The van der Waals surface area contributed by atoms with Gasteiger partial charge < -0.3 is 10.2 Å². The summed E-state index contributed by atoms with van der Waals surface area (Å²) in [5.41, 5.74) is 7.35. The molecule has 0 bridgehead atoms. The molecule has 4 nitrogen and oxygen atoms in total. The Labute approximate surface area is 103 Å². The summed E-state index contributed by atoms with van der Waals surface area (Å²) in [6, 6.07) is 4.26. The Hall–Kier alpha value is -1.39. The summed E-state index contributed by atoms with van der Waals surface area (Å²) in [5.74, 6) is 6.26. The second-order valence-corrected chi connectivity index (χ2v) is 4.14. The lowest BCUT2D eigenvalue weighted by molar-refractivity contribution is 0.208. The smallest absolute Gasteiger partial charge is 0.143 e. The normalized spacial score (nSPS) is 11.7. The number of hydrazine groups is 1. The number of hydrogen-bond donors (Lipinski definition) is 2. The number of rotatable bonds is 4. The zero-order valence-corrected chi connectivity index (χ0v) is 11.0. The van der Waals surface area contributed by atoms with Gasteiger partial charge in [0.25, 0.3) is 0 Å². The standard InChI is InChI=1S/C13H21N3O/c1-9-7-10(2)12(11(3)8-9)13(16-14)15-5-6-17-4/h7-8H,5-6,14H2,1-4H3,(H,15,16). The second kappa shape index (κ2) is 6.37. The summed E-state index contributed by atoms with van der Waals surface area (Å²) in [6.07, 6.45) is 0. The van der Waals surface area contributed by atoms with Gasteiger partial charge in [0.2, 0.25) is 0 Å². The Balaban J connectivity index is 3.07. The summed E-state index contributed by atoms with van der Waals surface area (Å²) < 4.78 is 4.98. The number of ether oxygens (including phenoxy) is 1. The number of hydrogen-bond acceptors (Lipinski definition) is 3. The van der Waals surface area contributed by atoms with Crippen molar-refractivity contribution in [1.29, 1.82) is 0 Å². The van der Waals surface area contributed by atoms with Crippen molar-refractivity contribution < 1.29 is 4.74 Å². The summed E-state index contributed by atoms with van der Waals surface area (Å²) >= 11 is 0. The molecule has 94 valence electrons. The molecule has 3 N–H and O–H groups in total. The lowest BCUT2D eigenvalue weighted by atomic mass is 9.99. The van der Waals surface area contributed by atoms with Crippen LogP contribution in [0, 0.1) is 20.8 Å². The van der Waals surface area contributed by atoms with E-state index in [0.717, 1.165) is 11.4 Å². The number of amidine groups is 1. The highest BCUT2D eigenvalue weighted by atomic mass is 16.5. The average molecular weight is 235 g/mol. The molecule has 0 unspecified atom stereocenters. The van der Waals surface area contributed by atoms with Crippen molar-refractivity contribution in [2.24, 2.45) is 10.8 Å². The summed E-state index contributed by atoms with van der Waals surface area (Å²) in [5, 5.41) is 0. The molecule has 0 atom stereocenters. The number of nitrogens with one attached hydrogen (secondary N) is 1. The Morgan fingerprint density at radius 2 is 1.88 bits per heavy atom. The maximum absolute atomic E-state index is 5.54. The van der Waals surface area contributed by atoms with Crippen LogP contribution in [-0.4, -0.2) is 26.1 Å². The van der Waals surface area contributed by atoms with E-state index in [4.69, 9.17) is 10.6 Å². The number of aliphatic imine (C=N–C) groups is 1. The average Bonchev–Trinajstić information content (AvgIpc) is 2.25. The van der Waals surface area contributed by atoms with E-state index in [9.17, 15) is 0 Å². The van der Waals surface area contributed by atoms with Crippen molar-refractivity contribution in [3.63, 3.8) is 0 Å². The van der Waals surface area contributed by atoms with Crippen LogP contribution in [-0.2, 0) is 4.74 Å². The fraction of sp³-hybridized carbons (Fsp3) is 0.462. The van der Waals surface area contributed by atoms with Crippen LogP contribution < -0.4 is 11.3 Å². The molecule has 17 heavy (non-hydrogen) atoms. The van der Waals surface area contributed by atoms with Gasteiger partial charge in [-0.1, -0.05) is 17.7 Å². The van der Waals surface area contributed by atoms with Crippen LogP contribution in [0.25, 0.3) is 0 Å². The first kappa shape index (κ1) is 13.7. The van der Waals surface area contributed by atoms with Crippen LogP contribution in [0.2, 0.25) is 0 Å². The van der Waals surface area contributed by atoms with Crippen molar-refractivity contribution in [2.75, 3.05) is 20.3 Å². The van der Waals surface area contributed by atoms with Gasteiger partial charge in [0.15, 0.2) is 0 Å². The Morgan fingerprint density at radius 3 is 2.35 bits per heavy atom. The predicted molar refractivity (Wildman–Crippen MR) is 71.3 cm³/mol. The van der Waals surface area contributed by atoms with E-state index < -0.39 is 0 Å². The molecule has 0 fully saturated rings. The van der Waals surface area contributed by atoms with Gasteiger partial charge in [0.05, 0.1) is 13.2 Å². The predicted octanol–water partition coefficient (Wildman–Crippen LogP) is 1.47.